The lowest BCUT2D eigenvalue weighted by molar-refractivity contribution is 0.144. The van der Waals surface area contributed by atoms with Gasteiger partial charge in [-0.2, -0.15) is 0 Å². The minimum atomic E-state index is -0.513. The van der Waals surface area contributed by atoms with Crippen molar-refractivity contribution < 1.29 is 9.52 Å². The summed E-state index contributed by atoms with van der Waals surface area (Å²) < 4.78 is 5.04. The summed E-state index contributed by atoms with van der Waals surface area (Å²) in [5.74, 6) is 0.773. The van der Waals surface area contributed by atoms with Gasteiger partial charge in [-0.1, -0.05) is 0 Å². The van der Waals surface area contributed by atoms with Crippen molar-refractivity contribution in [2.24, 2.45) is 5.73 Å². The molecule has 0 fully saturated rings. The van der Waals surface area contributed by atoms with Crippen molar-refractivity contribution in [1.82, 2.24) is 0 Å². The normalized spacial score (nSPS) is 16.3. The number of aliphatic hydroxyl groups excluding tert-OH is 1. The Balaban J connectivity index is 2.43. The van der Waals surface area contributed by atoms with Crippen LogP contribution in [0.3, 0.4) is 0 Å². The van der Waals surface area contributed by atoms with Crippen LogP contribution in [0.2, 0.25) is 0 Å². The zero-order chi connectivity index (χ0) is 8.27. The van der Waals surface area contributed by atoms with Crippen LogP contribution in [-0.2, 0) is 6.42 Å². The van der Waals surface area contributed by atoms with Crippen LogP contribution in [0.1, 0.15) is 12.7 Å². The molecule has 3 nitrogen and oxygen atoms in total. The largest absolute Gasteiger partial charge is 0.469 e. The average Bonchev–Trinajstić information content (AvgIpc) is 2.39. The molecule has 0 aliphatic heterocycles. The first-order chi connectivity index (χ1) is 5.20. The summed E-state index contributed by atoms with van der Waals surface area (Å²) in [4.78, 5) is 0. The number of nitrogens with two attached hydrogens (primary N) is 1. The molecule has 0 bridgehead atoms. The van der Waals surface area contributed by atoms with Crippen molar-refractivity contribution in [2.45, 2.75) is 25.5 Å². The fourth-order valence-corrected chi connectivity index (χ4v) is 0.821. The Hall–Kier alpha value is -0.800. The van der Waals surface area contributed by atoms with Gasteiger partial charge in [0, 0.05) is 12.5 Å². The van der Waals surface area contributed by atoms with Crippen molar-refractivity contribution in [1.29, 1.82) is 0 Å². The lowest BCUT2D eigenvalue weighted by Crippen LogP contribution is -2.32. The first-order valence-electron chi connectivity index (χ1n) is 3.66. The molecule has 1 aromatic rings. The highest BCUT2D eigenvalue weighted by Gasteiger charge is 2.11. The van der Waals surface area contributed by atoms with Gasteiger partial charge in [-0.15, -0.1) is 0 Å². The first kappa shape index (κ1) is 8.30. The Morgan fingerprint density at radius 3 is 2.91 bits per heavy atom. The van der Waals surface area contributed by atoms with Gasteiger partial charge in [0.05, 0.1) is 12.4 Å². The van der Waals surface area contributed by atoms with Gasteiger partial charge in [0.15, 0.2) is 0 Å². The minimum Gasteiger partial charge on any atom is -0.469 e. The van der Waals surface area contributed by atoms with Gasteiger partial charge < -0.3 is 15.3 Å². The molecule has 1 rings (SSSR count). The highest BCUT2D eigenvalue weighted by Crippen LogP contribution is 2.05. The first-order valence-corrected chi connectivity index (χ1v) is 3.66. The van der Waals surface area contributed by atoms with Crippen LogP contribution in [0.15, 0.2) is 22.8 Å². The smallest absolute Gasteiger partial charge is 0.106 e. The van der Waals surface area contributed by atoms with Crippen molar-refractivity contribution in [3.63, 3.8) is 0 Å². The van der Waals surface area contributed by atoms with E-state index in [0.29, 0.717) is 6.42 Å². The minimum absolute atomic E-state index is 0.208. The Labute approximate surface area is 65.8 Å². The number of furan rings is 1. The molecule has 0 saturated carbocycles. The molecule has 2 atom stereocenters. The van der Waals surface area contributed by atoms with Crippen LogP contribution in [0.25, 0.3) is 0 Å². The number of rotatable bonds is 3. The average molecular weight is 155 g/mol. The van der Waals surface area contributed by atoms with Gasteiger partial charge >= 0.3 is 0 Å². The highest BCUT2D eigenvalue weighted by atomic mass is 16.3. The summed E-state index contributed by atoms with van der Waals surface area (Å²) in [6, 6.07) is 3.41. The molecule has 3 N–H and O–H groups in total. The van der Waals surface area contributed by atoms with Gasteiger partial charge in [0.1, 0.15) is 5.76 Å². The predicted octanol–water partition coefficient (Wildman–Crippen LogP) is 0.530. The van der Waals surface area contributed by atoms with Gasteiger partial charge in [0.25, 0.3) is 0 Å². The van der Waals surface area contributed by atoms with Crippen LogP contribution in [0.5, 0.6) is 0 Å². The second-order valence-electron chi connectivity index (χ2n) is 2.71. The number of hydrogen-bond donors (Lipinski definition) is 2. The van der Waals surface area contributed by atoms with E-state index >= 15 is 0 Å². The van der Waals surface area contributed by atoms with Gasteiger partial charge in [-0.3, -0.25) is 0 Å². The molecule has 0 amide bonds. The summed E-state index contributed by atoms with van der Waals surface area (Å²) in [7, 11) is 0. The van der Waals surface area contributed by atoms with Crippen molar-refractivity contribution in [3.8, 4) is 0 Å². The number of hydrogen-bond acceptors (Lipinski definition) is 3. The fraction of sp³-hybridized carbons (Fsp3) is 0.500. The Bertz CT molecular complexity index is 194. The zero-order valence-corrected chi connectivity index (χ0v) is 6.53. The molecule has 0 aromatic carbocycles. The van der Waals surface area contributed by atoms with Crippen molar-refractivity contribution in [2.75, 3.05) is 0 Å². The van der Waals surface area contributed by atoms with Crippen molar-refractivity contribution in [3.05, 3.63) is 24.2 Å². The molecule has 11 heavy (non-hydrogen) atoms. The summed E-state index contributed by atoms with van der Waals surface area (Å²) in [6.07, 6.45) is 1.56. The van der Waals surface area contributed by atoms with Crippen LogP contribution >= 0.6 is 0 Å². The molecule has 1 aromatic heterocycles. The molecule has 0 radical (unpaired) electrons. The third-order valence-electron chi connectivity index (χ3n) is 1.60. The van der Waals surface area contributed by atoms with E-state index in [1.54, 1.807) is 19.3 Å². The van der Waals surface area contributed by atoms with Gasteiger partial charge in [-0.25, -0.2) is 0 Å². The van der Waals surface area contributed by atoms with Gasteiger partial charge in [-0.05, 0) is 19.1 Å². The highest BCUT2D eigenvalue weighted by molar-refractivity contribution is 5.00. The molecule has 3 heteroatoms. The summed E-state index contributed by atoms with van der Waals surface area (Å²) >= 11 is 0. The molecule has 1 heterocycles. The second kappa shape index (κ2) is 3.55. The molecule has 0 saturated heterocycles. The quantitative estimate of drug-likeness (QED) is 0.669. The SMILES string of the molecule is C[C@@H](N)C(O)Cc1ccco1. The number of aliphatic hydroxyl groups is 1. The van der Waals surface area contributed by atoms with E-state index in [1.807, 2.05) is 6.07 Å². The van der Waals surface area contributed by atoms with E-state index in [-0.39, 0.29) is 6.04 Å². The Morgan fingerprint density at radius 1 is 1.73 bits per heavy atom. The van der Waals surface area contributed by atoms with Crippen molar-refractivity contribution >= 4 is 0 Å². The van der Waals surface area contributed by atoms with Gasteiger partial charge in [0.2, 0.25) is 0 Å². The summed E-state index contributed by atoms with van der Waals surface area (Å²) in [6.45, 7) is 1.77. The third-order valence-corrected chi connectivity index (χ3v) is 1.60. The van der Waals surface area contributed by atoms with E-state index in [0.717, 1.165) is 5.76 Å². The molecular formula is C8H13NO2. The monoisotopic (exact) mass is 155 g/mol. The standard InChI is InChI=1S/C8H13NO2/c1-6(9)8(10)5-7-3-2-4-11-7/h2-4,6,8,10H,5,9H2,1H3/t6-,8?/m1/s1. The molecule has 0 aliphatic rings. The molecular weight excluding hydrogens is 142 g/mol. The molecule has 62 valence electrons. The fourth-order valence-electron chi connectivity index (χ4n) is 0.821. The van der Waals surface area contributed by atoms with Crippen LogP contribution in [-0.4, -0.2) is 17.3 Å². The maximum atomic E-state index is 9.31. The van der Waals surface area contributed by atoms with Crippen LogP contribution < -0.4 is 5.73 Å². The van der Waals surface area contributed by atoms with E-state index in [4.69, 9.17) is 10.2 Å². The molecule has 0 aliphatic carbocycles. The van der Waals surface area contributed by atoms with E-state index in [1.165, 1.54) is 0 Å². The lowest BCUT2D eigenvalue weighted by atomic mass is 10.1. The zero-order valence-electron chi connectivity index (χ0n) is 6.53. The maximum absolute atomic E-state index is 9.31. The topological polar surface area (TPSA) is 59.4 Å². The molecule has 1 unspecified atom stereocenters. The van der Waals surface area contributed by atoms with E-state index < -0.39 is 6.10 Å². The molecule has 0 spiro atoms. The Morgan fingerprint density at radius 2 is 2.45 bits per heavy atom. The third kappa shape index (κ3) is 2.37. The van der Waals surface area contributed by atoms with Crippen LogP contribution in [0, 0.1) is 0 Å². The Kier molecular flexibility index (Phi) is 2.68. The summed E-state index contributed by atoms with van der Waals surface area (Å²) in [5.41, 5.74) is 5.46. The second-order valence-corrected chi connectivity index (χ2v) is 2.71. The summed E-state index contributed by atoms with van der Waals surface area (Å²) in [5, 5.41) is 9.31. The van der Waals surface area contributed by atoms with E-state index in [9.17, 15) is 5.11 Å². The van der Waals surface area contributed by atoms with E-state index in [2.05, 4.69) is 0 Å². The predicted molar refractivity (Wildman–Crippen MR) is 42.1 cm³/mol. The maximum Gasteiger partial charge on any atom is 0.106 e. The van der Waals surface area contributed by atoms with Crippen LogP contribution in [0.4, 0.5) is 0 Å². The lowest BCUT2D eigenvalue weighted by Gasteiger charge is -2.11.